The van der Waals surface area contributed by atoms with E-state index in [1.165, 1.54) is 88.3 Å². The van der Waals surface area contributed by atoms with E-state index in [2.05, 4.69) is 266 Å². The zero-order valence-corrected chi connectivity index (χ0v) is 35.3. The van der Waals surface area contributed by atoms with Gasteiger partial charge in [-0.1, -0.05) is 224 Å². The van der Waals surface area contributed by atoms with Crippen LogP contribution in [0.1, 0.15) is 22.3 Å². The second kappa shape index (κ2) is 15.6. The molecule has 11 aromatic carbocycles. The van der Waals surface area contributed by atoms with E-state index in [4.69, 9.17) is 0 Å². The smallest absolute Gasteiger partial charge is 0.0714 e. The van der Waals surface area contributed by atoms with Crippen molar-refractivity contribution in [2.24, 2.45) is 0 Å². The van der Waals surface area contributed by atoms with Gasteiger partial charge in [0, 0.05) is 16.9 Å². The Morgan fingerprint density at radius 2 is 0.750 bits per heavy atom. The van der Waals surface area contributed by atoms with E-state index in [0.717, 1.165) is 17.1 Å². The molecule has 0 bridgehead atoms. The summed E-state index contributed by atoms with van der Waals surface area (Å²) in [5.41, 5.74) is 17.7. The number of hydrogen-bond donors (Lipinski definition) is 0. The second-order valence-electron chi connectivity index (χ2n) is 16.8. The maximum absolute atomic E-state index is 2.47. The van der Waals surface area contributed by atoms with Gasteiger partial charge in [-0.05, 0) is 119 Å². The lowest BCUT2D eigenvalue weighted by molar-refractivity contribution is 0.768. The van der Waals surface area contributed by atoms with Gasteiger partial charge in [-0.2, -0.15) is 0 Å². The van der Waals surface area contributed by atoms with Crippen molar-refractivity contribution in [1.29, 1.82) is 0 Å². The van der Waals surface area contributed by atoms with Crippen molar-refractivity contribution >= 4 is 38.6 Å². The predicted molar refractivity (Wildman–Crippen MR) is 270 cm³/mol. The molecule has 1 nitrogen and oxygen atoms in total. The number of rotatable bonds is 8. The fourth-order valence-electron chi connectivity index (χ4n) is 10.5. The SMILES string of the molecule is c1ccc(-c2ccc3c(-c4ccc(N(c5ccc(-c6cccc7ccccc67)cc5)c5cccc6c5-c5ccccc5C6(c5ccccc5)c5ccccc5)cc4)cccc3c2)cc1. The fraction of sp³-hybridized carbons (Fsp3) is 0.0159. The molecule has 0 spiro atoms. The first-order valence-electron chi connectivity index (χ1n) is 22.2. The minimum absolute atomic E-state index is 0.507. The van der Waals surface area contributed by atoms with Crippen molar-refractivity contribution in [1.82, 2.24) is 0 Å². The highest BCUT2D eigenvalue weighted by Crippen LogP contribution is 2.59. The van der Waals surface area contributed by atoms with Crippen molar-refractivity contribution in [3.05, 3.63) is 283 Å². The third-order valence-electron chi connectivity index (χ3n) is 13.4. The number of fused-ring (bicyclic) bond motifs is 5. The van der Waals surface area contributed by atoms with Crippen molar-refractivity contribution in [2.75, 3.05) is 4.90 Å². The van der Waals surface area contributed by atoms with Crippen LogP contribution in [0.2, 0.25) is 0 Å². The lowest BCUT2D eigenvalue weighted by atomic mass is 9.68. The number of nitrogens with zero attached hydrogens (tertiary/aromatic N) is 1. The van der Waals surface area contributed by atoms with Crippen LogP contribution in [0.15, 0.2) is 261 Å². The van der Waals surface area contributed by atoms with E-state index in [9.17, 15) is 0 Å². The van der Waals surface area contributed by atoms with Crippen LogP contribution in [0.25, 0.3) is 66.1 Å². The molecule has 12 rings (SSSR count). The summed E-state index contributed by atoms with van der Waals surface area (Å²) >= 11 is 0. The molecule has 0 fully saturated rings. The Labute approximate surface area is 374 Å². The average molecular weight is 814 g/mol. The first-order chi connectivity index (χ1) is 31.8. The molecule has 0 radical (unpaired) electrons. The molecule has 0 heterocycles. The van der Waals surface area contributed by atoms with Crippen molar-refractivity contribution < 1.29 is 0 Å². The molecular formula is C63H43N. The summed E-state index contributed by atoms with van der Waals surface area (Å²) in [4.78, 5) is 2.47. The van der Waals surface area contributed by atoms with Crippen molar-refractivity contribution in [3.63, 3.8) is 0 Å². The van der Waals surface area contributed by atoms with E-state index in [1.54, 1.807) is 0 Å². The normalized spacial score (nSPS) is 12.5. The molecule has 0 saturated carbocycles. The number of anilines is 3. The summed E-state index contributed by atoms with van der Waals surface area (Å²) in [7, 11) is 0. The standard InChI is InChI=1S/C63H43N/c1-4-17-44(18-5-1)48-37-42-57-49(43-48)21-15-29-56(57)47-35-40-53(41-36-47)64(52-38-33-46(34-39-52)55-28-14-20-45-19-10-11-26-54(45)55)61-32-16-31-60-62(61)58-27-12-13-30-59(58)63(60,50-22-6-2-7-23-50)51-24-8-3-9-25-51/h1-43H. The van der Waals surface area contributed by atoms with Gasteiger partial charge in [0.2, 0.25) is 0 Å². The zero-order valence-electron chi connectivity index (χ0n) is 35.3. The summed E-state index contributed by atoms with van der Waals surface area (Å²) in [6.45, 7) is 0. The topological polar surface area (TPSA) is 3.24 Å². The van der Waals surface area contributed by atoms with E-state index < -0.39 is 5.41 Å². The van der Waals surface area contributed by atoms with Gasteiger partial charge in [-0.25, -0.2) is 0 Å². The zero-order chi connectivity index (χ0) is 42.5. The Bertz CT molecular complexity index is 3420. The number of benzene rings is 11. The Kier molecular flexibility index (Phi) is 9.13. The molecule has 0 atom stereocenters. The molecule has 11 aromatic rings. The first-order valence-corrected chi connectivity index (χ1v) is 22.2. The van der Waals surface area contributed by atoms with Crippen LogP contribution in [0.5, 0.6) is 0 Å². The van der Waals surface area contributed by atoms with Crippen LogP contribution in [-0.2, 0) is 5.41 Å². The van der Waals surface area contributed by atoms with Gasteiger partial charge in [-0.15, -0.1) is 0 Å². The van der Waals surface area contributed by atoms with Crippen LogP contribution in [0.3, 0.4) is 0 Å². The molecule has 64 heavy (non-hydrogen) atoms. The van der Waals surface area contributed by atoms with Crippen LogP contribution >= 0.6 is 0 Å². The van der Waals surface area contributed by atoms with Crippen LogP contribution in [0, 0.1) is 0 Å². The molecule has 0 aliphatic heterocycles. The third kappa shape index (κ3) is 6.08. The van der Waals surface area contributed by atoms with Crippen molar-refractivity contribution in [3.8, 4) is 44.5 Å². The second-order valence-corrected chi connectivity index (χ2v) is 16.8. The van der Waals surface area contributed by atoms with Gasteiger partial charge in [-0.3, -0.25) is 0 Å². The minimum Gasteiger partial charge on any atom is -0.310 e. The quantitative estimate of drug-likeness (QED) is 0.148. The van der Waals surface area contributed by atoms with Gasteiger partial charge in [0.25, 0.3) is 0 Å². The first kappa shape index (κ1) is 37.5. The molecule has 0 saturated heterocycles. The monoisotopic (exact) mass is 813 g/mol. The highest BCUT2D eigenvalue weighted by atomic mass is 15.1. The summed E-state index contributed by atoms with van der Waals surface area (Å²) in [6, 6.07) is 95.8. The van der Waals surface area contributed by atoms with Gasteiger partial charge < -0.3 is 4.90 Å². The Morgan fingerprint density at radius 1 is 0.281 bits per heavy atom. The van der Waals surface area contributed by atoms with E-state index in [-0.39, 0.29) is 0 Å². The predicted octanol–water partition coefficient (Wildman–Crippen LogP) is 16.8. The summed E-state index contributed by atoms with van der Waals surface area (Å²) in [5, 5.41) is 4.97. The maximum Gasteiger partial charge on any atom is 0.0714 e. The Balaban J connectivity index is 1.04. The molecule has 0 amide bonds. The molecule has 300 valence electrons. The van der Waals surface area contributed by atoms with Gasteiger partial charge >= 0.3 is 0 Å². The minimum atomic E-state index is -0.507. The Morgan fingerprint density at radius 3 is 1.41 bits per heavy atom. The largest absolute Gasteiger partial charge is 0.310 e. The van der Waals surface area contributed by atoms with Crippen molar-refractivity contribution in [2.45, 2.75) is 5.41 Å². The van der Waals surface area contributed by atoms with Crippen LogP contribution in [0.4, 0.5) is 17.1 Å². The van der Waals surface area contributed by atoms with Crippen LogP contribution in [-0.4, -0.2) is 0 Å². The molecule has 0 unspecified atom stereocenters. The molecule has 0 aromatic heterocycles. The number of hydrogen-bond acceptors (Lipinski definition) is 1. The molecule has 1 aliphatic carbocycles. The van der Waals surface area contributed by atoms with E-state index in [0.29, 0.717) is 0 Å². The lowest BCUT2D eigenvalue weighted by Crippen LogP contribution is -2.28. The molecular weight excluding hydrogens is 771 g/mol. The summed E-state index contributed by atoms with van der Waals surface area (Å²) in [6.07, 6.45) is 0. The highest BCUT2D eigenvalue weighted by Gasteiger charge is 2.47. The van der Waals surface area contributed by atoms with E-state index >= 15 is 0 Å². The summed E-state index contributed by atoms with van der Waals surface area (Å²) < 4.78 is 0. The highest BCUT2D eigenvalue weighted by molar-refractivity contribution is 6.01. The van der Waals surface area contributed by atoms with Crippen LogP contribution < -0.4 is 4.90 Å². The van der Waals surface area contributed by atoms with Gasteiger partial charge in [0.1, 0.15) is 0 Å². The van der Waals surface area contributed by atoms with Gasteiger partial charge in [0.15, 0.2) is 0 Å². The summed E-state index contributed by atoms with van der Waals surface area (Å²) in [5.74, 6) is 0. The lowest BCUT2D eigenvalue weighted by Gasteiger charge is -2.34. The van der Waals surface area contributed by atoms with Gasteiger partial charge in [0.05, 0.1) is 11.1 Å². The van der Waals surface area contributed by atoms with E-state index in [1.807, 2.05) is 0 Å². The average Bonchev–Trinajstić information content (AvgIpc) is 3.69. The Hall–Kier alpha value is -8.26. The maximum atomic E-state index is 2.47. The third-order valence-corrected chi connectivity index (χ3v) is 13.4. The molecule has 0 N–H and O–H groups in total. The molecule has 1 aliphatic rings. The fourth-order valence-corrected chi connectivity index (χ4v) is 10.5. The molecule has 1 heteroatoms.